The molecule has 1 fully saturated rings. The van der Waals surface area contributed by atoms with Crippen molar-refractivity contribution in [1.29, 1.82) is 0 Å². The van der Waals surface area contributed by atoms with Gasteiger partial charge in [0, 0.05) is 13.1 Å². The largest absolute Gasteiger partial charge is 0.366 e. The first-order chi connectivity index (χ1) is 8.16. The molecule has 0 bridgehead atoms. The van der Waals surface area contributed by atoms with Crippen molar-refractivity contribution in [2.75, 3.05) is 25.0 Å². The molecule has 0 spiro atoms. The summed E-state index contributed by atoms with van der Waals surface area (Å²) in [6, 6.07) is 5.52. The van der Waals surface area contributed by atoms with Crippen LogP contribution >= 0.6 is 11.6 Å². The van der Waals surface area contributed by atoms with Gasteiger partial charge in [-0.05, 0) is 24.6 Å². The Morgan fingerprint density at radius 1 is 1.59 bits per heavy atom. The molecule has 1 amide bonds. The minimum atomic E-state index is -0.443. The fraction of sp³-hybridized carbons (Fsp3) is 0.417. The minimum Gasteiger partial charge on any atom is -0.366 e. The Morgan fingerprint density at radius 2 is 2.41 bits per heavy atom. The zero-order valence-electron chi connectivity index (χ0n) is 9.63. The Bertz CT molecular complexity index is 417. The molecule has 0 aliphatic carbocycles. The number of morpholine rings is 1. The van der Waals surface area contributed by atoms with Gasteiger partial charge in [-0.25, -0.2) is 0 Å². The van der Waals surface area contributed by atoms with E-state index in [1.54, 1.807) is 6.07 Å². The lowest BCUT2D eigenvalue weighted by Crippen LogP contribution is -2.45. The number of rotatable bonds is 2. The van der Waals surface area contributed by atoms with E-state index in [-0.39, 0.29) is 5.91 Å². The van der Waals surface area contributed by atoms with E-state index in [1.807, 2.05) is 19.1 Å². The molecule has 1 unspecified atom stereocenters. The van der Waals surface area contributed by atoms with Crippen molar-refractivity contribution < 1.29 is 9.53 Å². The van der Waals surface area contributed by atoms with Gasteiger partial charge in [0.05, 0.1) is 17.3 Å². The summed E-state index contributed by atoms with van der Waals surface area (Å²) in [5.74, 6) is -0.164. The zero-order chi connectivity index (χ0) is 12.3. The van der Waals surface area contributed by atoms with Crippen LogP contribution in [0.25, 0.3) is 0 Å². The Labute approximate surface area is 105 Å². The van der Waals surface area contributed by atoms with Gasteiger partial charge in [0.1, 0.15) is 6.10 Å². The first-order valence-corrected chi connectivity index (χ1v) is 5.94. The predicted octanol–water partition coefficient (Wildman–Crippen LogP) is 1.58. The van der Waals surface area contributed by atoms with Gasteiger partial charge in [0.2, 0.25) is 0 Å². The normalized spacial score (nSPS) is 20.0. The molecule has 1 aromatic rings. The summed E-state index contributed by atoms with van der Waals surface area (Å²) in [5.41, 5.74) is 1.68. The number of carbonyl (C=O) groups excluding carboxylic acids is 1. The summed E-state index contributed by atoms with van der Waals surface area (Å²) in [4.78, 5) is 11.9. The molecule has 5 heteroatoms. The predicted molar refractivity (Wildman–Crippen MR) is 67.4 cm³/mol. The highest BCUT2D eigenvalue weighted by molar-refractivity contribution is 6.33. The van der Waals surface area contributed by atoms with Crippen LogP contribution < -0.4 is 10.6 Å². The van der Waals surface area contributed by atoms with Crippen molar-refractivity contribution in [1.82, 2.24) is 5.32 Å². The molecule has 0 radical (unpaired) electrons. The number of hydrogen-bond acceptors (Lipinski definition) is 3. The molecule has 2 rings (SSSR count). The lowest BCUT2D eigenvalue weighted by atomic mass is 10.2. The maximum Gasteiger partial charge on any atom is 0.254 e. The lowest BCUT2D eigenvalue weighted by molar-refractivity contribution is -0.128. The zero-order valence-corrected chi connectivity index (χ0v) is 10.4. The van der Waals surface area contributed by atoms with Gasteiger partial charge >= 0.3 is 0 Å². The van der Waals surface area contributed by atoms with E-state index in [9.17, 15) is 4.79 Å². The molecule has 17 heavy (non-hydrogen) atoms. The summed E-state index contributed by atoms with van der Waals surface area (Å²) < 4.78 is 5.36. The number of ether oxygens (including phenoxy) is 1. The molecule has 1 aliphatic rings. The first-order valence-electron chi connectivity index (χ1n) is 5.56. The van der Waals surface area contributed by atoms with Crippen LogP contribution in [0.2, 0.25) is 5.02 Å². The second-order valence-corrected chi connectivity index (χ2v) is 4.44. The fourth-order valence-corrected chi connectivity index (χ4v) is 1.95. The topological polar surface area (TPSA) is 50.4 Å². The van der Waals surface area contributed by atoms with Gasteiger partial charge in [-0.1, -0.05) is 17.7 Å². The molecule has 1 saturated heterocycles. The number of hydrogen-bond donors (Lipinski definition) is 2. The maximum atomic E-state index is 11.9. The lowest BCUT2D eigenvalue weighted by Gasteiger charge is -2.22. The molecule has 0 saturated carbocycles. The van der Waals surface area contributed by atoms with Gasteiger partial charge in [0.15, 0.2) is 0 Å². The fourth-order valence-electron chi connectivity index (χ4n) is 1.67. The standard InChI is InChI=1S/C12H15ClN2O2/c1-8-2-3-10(9(13)6-8)15-12(16)11-7-14-4-5-17-11/h2-3,6,11,14H,4-5,7H2,1H3,(H,15,16). The van der Waals surface area contributed by atoms with Crippen LogP contribution in [0.4, 0.5) is 5.69 Å². The molecular formula is C12H15ClN2O2. The average molecular weight is 255 g/mol. The number of carbonyl (C=O) groups is 1. The van der Waals surface area contributed by atoms with Gasteiger partial charge < -0.3 is 15.4 Å². The first kappa shape index (κ1) is 12.4. The average Bonchev–Trinajstić information content (AvgIpc) is 2.34. The number of anilines is 1. The molecule has 1 aliphatic heterocycles. The molecular weight excluding hydrogens is 240 g/mol. The highest BCUT2D eigenvalue weighted by atomic mass is 35.5. The van der Waals surface area contributed by atoms with Crippen molar-refractivity contribution in [3.8, 4) is 0 Å². The van der Waals surface area contributed by atoms with E-state index >= 15 is 0 Å². The van der Waals surface area contributed by atoms with Crippen LogP contribution in [0, 0.1) is 6.92 Å². The Morgan fingerprint density at radius 3 is 3.06 bits per heavy atom. The quantitative estimate of drug-likeness (QED) is 0.843. The van der Waals surface area contributed by atoms with Crippen LogP contribution in [0.15, 0.2) is 18.2 Å². The molecule has 2 N–H and O–H groups in total. The number of nitrogens with one attached hydrogen (secondary N) is 2. The number of halogens is 1. The number of aryl methyl sites for hydroxylation is 1. The van der Waals surface area contributed by atoms with E-state index < -0.39 is 6.10 Å². The monoisotopic (exact) mass is 254 g/mol. The van der Waals surface area contributed by atoms with Gasteiger partial charge in [-0.15, -0.1) is 0 Å². The highest BCUT2D eigenvalue weighted by Gasteiger charge is 2.22. The minimum absolute atomic E-state index is 0.164. The molecule has 92 valence electrons. The van der Waals surface area contributed by atoms with Crippen molar-refractivity contribution in [2.24, 2.45) is 0 Å². The van der Waals surface area contributed by atoms with Crippen LogP contribution in [0.3, 0.4) is 0 Å². The molecule has 1 heterocycles. The smallest absolute Gasteiger partial charge is 0.254 e. The van der Waals surface area contributed by atoms with Crippen molar-refractivity contribution in [3.63, 3.8) is 0 Å². The van der Waals surface area contributed by atoms with Gasteiger partial charge in [-0.3, -0.25) is 4.79 Å². The Hall–Kier alpha value is -1.10. The third kappa shape index (κ3) is 3.19. The highest BCUT2D eigenvalue weighted by Crippen LogP contribution is 2.22. The van der Waals surface area contributed by atoms with Crippen LogP contribution in [-0.2, 0) is 9.53 Å². The second-order valence-electron chi connectivity index (χ2n) is 4.04. The second kappa shape index (κ2) is 5.49. The summed E-state index contributed by atoms with van der Waals surface area (Å²) in [7, 11) is 0. The summed E-state index contributed by atoms with van der Waals surface area (Å²) >= 11 is 6.04. The molecule has 4 nitrogen and oxygen atoms in total. The van der Waals surface area contributed by atoms with Crippen molar-refractivity contribution in [3.05, 3.63) is 28.8 Å². The molecule has 0 aromatic heterocycles. The SMILES string of the molecule is Cc1ccc(NC(=O)C2CNCCO2)c(Cl)c1. The van der Waals surface area contributed by atoms with Gasteiger partial charge in [0.25, 0.3) is 5.91 Å². The summed E-state index contributed by atoms with van der Waals surface area (Å²) in [6.45, 7) is 3.83. The van der Waals surface area contributed by atoms with E-state index in [2.05, 4.69) is 10.6 Å². The maximum absolute atomic E-state index is 11.9. The third-order valence-electron chi connectivity index (χ3n) is 2.60. The van der Waals surface area contributed by atoms with Crippen LogP contribution in [-0.4, -0.2) is 31.7 Å². The van der Waals surface area contributed by atoms with Crippen molar-refractivity contribution >= 4 is 23.2 Å². The van der Waals surface area contributed by atoms with Crippen LogP contribution in [0.5, 0.6) is 0 Å². The Kier molecular flexibility index (Phi) is 3.99. The summed E-state index contributed by atoms with van der Waals surface area (Å²) in [5, 5.41) is 6.42. The van der Waals surface area contributed by atoms with E-state index in [0.717, 1.165) is 12.1 Å². The molecule has 1 aromatic carbocycles. The summed E-state index contributed by atoms with van der Waals surface area (Å²) in [6.07, 6.45) is -0.443. The van der Waals surface area contributed by atoms with Crippen LogP contribution in [0.1, 0.15) is 5.56 Å². The third-order valence-corrected chi connectivity index (χ3v) is 2.92. The van der Waals surface area contributed by atoms with E-state index in [0.29, 0.717) is 23.9 Å². The number of amides is 1. The van der Waals surface area contributed by atoms with Gasteiger partial charge in [-0.2, -0.15) is 0 Å². The van der Waals surface area contributed by atoms with E-state index in [4.69, 9.17) is 16.3 Å². The van der Waals surface area contributed by atoms with Crippen molar-refractivity contribution in [2.45, 2.75) is 13.0 Å². The Balaban J connectivity index is 2.02. The number of benzene rings is 1. The van der Waals surface area contributed by atoms with E-state index in [1.165, 1.54) is 0 Å². The molecule has 1 atom stereocenters.